The number of aliphatic carboxylic acids is 2. The highest BCUT2D eigenvalue weighted by Crippen LogP contribution is 2.15. The minimum atomic E-state index is -2.28. The Hall–Kier alpha value is -1.17. The fourth-order valence-electron chi connectivity index (χ4n) is 0.720. The van der Waals surface area contributed by atoms with E-state index in [0.29, 0.717) is 0 Å². The van der Waals surface area contributed by atoms with E-state index >= 15 is 0 Å². The summed E-state index contributed by atoms with van der Waals surface area (Å²) in [5.74, 6) is -2.87. The molecule has 0 aliphatic heterocycles. The molecular formula is C6H9FO5. The molecule has 0 aromatic heterocycles. The van der Waals surface area contributed by atoms with Crippen LogP contribution in [-0.4, -0.2) is 39.5 Å². The van der Waals surface area contributed by atoms with Gasteiger partial charge in [0.05, 0.1) is 12.8 Å². The van der Waals surface area contributed by atoms with E-state index in [9.17, 15) is 14.0 Å². The second-order valence-corrected chi connectivity index (χ2v) is 2.50. The van der Waals surface area contributed by atoms with Gasteiger partial charge in [-0.15, -0.1) is 0 Å². The zero-order valence-corrected chi connectivity index (χ0v) is 6.16. The molecule has 0 spiro atoms. The summed E-state index contributed by atoms with van der Waals surface area (Å²) in [7, 11) is 0. The van der Waals surface area contributed by atoms with Gasteiger partial charge in [-0.1, -0.05) is 0 Å². The molecule has 0 atom stereocenters. The number of carbonyl (C=O) groups is 2. The minimum absolute atomic E-state index is 0.907. The first-order valence-corrected chi connectivity index (χ1v) is 3.11. The summed E-state index contributed by atoms with van der Waals surface area (Å²) in [6, 6.07) is 0. The number of carboxylic acid groups (broad SMARTS) is 2. The summed E-state index contributed by atoms with van der Waals surface area (Å²) >= 11 is 0. The van der Waals surface area contributed by atoms with E-state index in [1.807, 2.05) is 0 Å². The molecule has 0 rings (SSSR count). The van der Waals surface area contributed by atoms with E-state index in [1.165, 1.54) is 0 Å². The summed E-state index contributed by atoms with van der Waals surface area (Å²) in [6.07, 6.45) is -1.81. The van der Waals surface area contributed by atoms with Crippen molar-refractivity contribution in [2.75, 3.05) is 6.67 Å². The van der Waals surface area contributed by atoms with E-state index in [1.54, 1.807) is 0 Å². The molecule has 0 unspecified atom stereocenters. The minimum Gasteiger partial charge on any atom is -0.481 e. The normalized spacial score (nSPS) is 11.2. The third kappa shape index (κ3) is 3.87. The topological polar surface area (TPSA) is 94.8 Å². The van der Waals surface area contributed by atoms with Crippen LogP contribution in [0.25, 0.3) is 0 Å². The van der Waals surface area contributed by atoms with Crippen LogP contribution < -0.4 is 0 Å². The van der Waals surface area contributed by atoms with Gasteiger partial charge in [0.15, 0.2) is 0 Å². The highest BCUT2D eigenvalue weighted by Gasteiger charge is 2.32. The van der Waals surface area contributed by atoms with Crippen molar-refractivity contribution in [3.63, 3.8) is 0 Å². The molecule has 0 aromatic rings. The summed E-state index contributed by atoms with van der Waals surface area (Å²) < 4.78 is 12.0. The van der Waals surface area contributed by atoms with Gasteiger partial charge in [0.2, 0.25) is 0 Å². The number of alkyl halides is 1. The second-order valence-electron chi connectivity index (χ2n) is 2.50. The average molecular weight is 180 g/mol. The third-order valence-electron chi connectivity index (χ3n) is 1.21. The Morgan fingerprint density at radius 3 is 1.67 bits per heavy atom. The van der Waals surface area contributed by atoms with Crippen molar-refractivity contribution in [2.24, 2.45) is 0 Å². The van der Waals surface area contributed by atoms with Crippen molar-refractivity contribution >= 4 is 11.9 Å². The molecule has 5 nitrogen and oxygen atoms in total. The Kier molecular flexibility index (Phi) is 3.62. The molecule has 0 bridgehead atoms. The Labute approximate surface area is 67.4 Å². The smallest absolute Gasteiger partial charge is 0.306 e. The van der Waals surface area contributed by atoms with E-state index in [2.05, 4.69) is 0 Å². The lowest BCUT2D eigenvalue weighted by Crippen LogP contribution is -2.36. The van der Waals surface area contributed by atoms with Crippen LogP contribution in [0.3, 0.4) is 0 Å². The van der Waals surface area contributed by atoms with E-state index in [4.69, 9.17) is 15.3 Å². The van der Waals surface area contributed by atoms with Gasteiger partial charge >= 0.3 is 11.9 Å². The summed E-state index contributed by atoms with van der Waals surface area (Å²) in [5.41, 5.74) is -2.28. The van der Waals surface area contributed by atoms with Crippen LogP contribution in [0.1, 0.15) is 12.8 Å². The Morgan fingerprint density at radius 1 is 1.17 bits per heavy atom. The van der Waals surface area contributed by atoms with Gasteiger partial charge in [-0.25, -0.2) is 4.39 Å². The molecule has 0 saturated carbocycles. The van der Waals surface area contributed by atoms with Crippen LogP contribution in [0.4, 0.5) is 4.39 Å². The lowest BCUT2D eigenvalue weighted by Gasteiger charge is -2.19. The highest BCUT2D eigenvalue weighted by molar-refractivity contribution is 5.72. The molecule has 0 radical (unpaired) electrons. The Bertz CT molecular complexity index is 174. The van der Waals surface area contributed by atoms with Gasteiger partial charge in [-0.3, -0.25) is 9.59 Å². The first kappa shape index (κ1) is 10.8. The molecule has 0 fully saturated rings. The molecule has 0 aliphatic carbocycles. The molecule has 0 amide bonds. The zero-order valence-electron chi connectivity index (χ0n) is 6.16. The maximum absolute atomic E-state index is 12.0. The van der Waals surface area contributed by atoms with Crippen LogP contribution in [-0.2, 0) is 9.59 Å². The first-order chi connectivity index (χ1) is 5.39. The van der Waals surface area contributed by atoms with Gasteiger partial charge < -0.3 is 15.3 Å². The lowest BCUT2D eigenvalue weighted by atomic mass is 9.97. The first-order valence-electron chi connectivity index (χ1n) is 3.11. The van der Waals surface area contributed by atoms with Gasteiger partial charge in [-0.05, 0) is 0 Å². The maximum atomic E-state index is 12.0. The molecule has 3 N–H and O–H groups in total. The average Bonchev–Trinajstić information content (AvgIpc) is 1.83. The standard InChI is InChI=1S/C6H9FO5/c7-3-6(12,1-4(8)9)2-5(10)11/h12H,1-3H2,(H,8,9)(H,10,11). The van der Waals surface area contributed by atoms with Crippen LogP contribution in [0.15, 0.2) is 0 Å². The van der Waals surface area contributed by atoms with Gasteiger partial charge in [0, 0.05) is 0 Å². The molecule has 12 heavy (non-hydrogen) atoms. The van der Waals surface area contributed by atoms with E-state index in [0.717, 1.165) is 0 Å². The number of hydrogen-bond acceptors (Lipinski definition) is 3. The summed E-state index contributed by atoms with van der Waals surface area (Å²) in [5, 5.41) is 25.4. The van der Waals surface area contributed by atoms with Crippen LogP contribution in [0.2, 0.25) is 0 Å². The van der Waals surface area contributed by atoms with Gasteiger partial charge in [-0.2, -0.15) is 0 Å². The fraction of sp³-hybridized carbons (Fsp3) is 0.667. The van der Waals surface area contributed by atoms with Gasteiger partial charge in [0.25, 0.3) is 0 Å². The van der Waals surface area contributed by atoms with E-state index in [-0.39, 0.29) is 0 Å². The molecule has 0 aromatic carbocycles. The largest absolute Gasteiger partial charge is 0.481 e. The Morgan fingerprint density at radius 2 is 1.50 bits per heavy atom. The second kappa shape index (κ2) is 4.01. The lowest BCUT2D eigenvalue weighted by molar-refractivity contribution is -0.149. The van der Waals surface area contributed by atoms with Crippen LogP contribution >= 0.6 is 0 Å². The number of halogens is 1. The zero-order chi connectivity index (χ0) is 9.78. The van der Waals surface area contributed by atoms with Crippen molar-refractivity contribution in [1.29, 1.82) is 0 Å². The third-order valence-corrected chi connectivity index (χ3v) is 1.21. The quantitative estimate of drug-likeness (QED) is 0.536. The summed E-state index contributed by atoms with van der Waals surface area (Å²) in [4.78, 5) is 20.1. The molecule has 70 valence electrons. The SMILES string of the molecule is O=C(O)CC(O)(CF)CC(=O)O. The van der Waals surface area contributed by atoms with Crippen molar-refractivity contribution in [1.82, 2.24) is 0 Å². The van der Waals surface area contributed by atoms with Crippen LogP contribution in [0.5, 0.6) is 0 Å². The highest BCUT2D eigenvalue weighted by atomic mass is 19.1. The van der Waals surface area contributed by atoms with Crippen molar-refractivity contribution in [3.8, 4) is 0 Å². The maximum Gasteiger partial charge on any atom is 0.306 e. The van der Waals surface area contributed by atoms with Gasteiger partial charge in [0.1, 0.15) is 12.3 Å². The van der Waals surface area contributed by atoms with Crippen molar-refractivity contribution < 1.29 is 29.3 Å². The monoisotopic (exact) mass is 180 g/mol. The molecule has 0 heterocycles. The predicted octanol–water partition coefficient (Wildman–Crippen LogP) is -0.364. The number of rotatable bonds is 5. The Balaban J connectivity index is 4.23. The number of aliphatic hydroxyl groups is 1. The fourth-order valence-corrected chi connectivity index (χ4v) is 0.720. The van der Waals surface area contributed by atoms with E-state index < -0.39 is 37.1 Å². The van der Waals surface area contributed by atoms with Crippen molar-refractivity contribution in [3.05, 3.63) is 0 Å². The van der Waals surface area contributed by atoms with Crippen LogP contribution in [0, 0.1) is 0 Å². The number of carboxylic acids is 2. The predicted molar refractivity (Wildman–Crippen MR) is 35.4 cm³/mol. The molecular weight excluding hydrogens is 171 g/mol. The number of hydrogen-bond donors (Lipinski definition) is 3. The van der Waals surface area contributed by atoms with Crippen molar-refractivity contribution in [2.45, 2.75) is 18.4 Å². The summed E-state index contributed by atoms with van der Waals surface area (Å²) in [6.45, 7) is -1.38. The molecule has 6 heteroatoms. The molecule has 0 aliphatic rings. The molecule has 0 saturated heterocycles.